The first-order valence-electron chi connectivity index (χ1n) is 5.34. The van der Waals surface area contributed by atoms with Crippen molar-refractivity contribution in [1.29, 1.82) is 0 Å². The number of likely N-dealkylation sites (tertiary alicyclic amines) is 1. The van der Waals surface area contributed by atoms with Crippen molar-refractivity contribution in [1.82, 2.24) is 10.2 Å². The summed E-state index contributed by atoms with van der Waals surface area (Å²) in [5.41, 5.74) is 0. The number of hydrogen-bond donors (Lipinski definition) is 2. The van der Waals surface area contributed by atoms with Gasteiger partial charge in [-0.15, -0.1) is 0 Å². The van der Waals surface area contributed by atoms with Gasteiger partial charge in [0, 0.05) is 6.54 Å². The van der Waals surface area contributed by atoms with Crippen LogP contribution < -0.4 is 5.32 Å². The molecule has 15 heavy (non-hydrogen) atoms. The fourth-order valence-corrected chi connectivity index (χ4v) is 1.99. The Balaban J connectivity index is 2.61. The van der Waals surface area contributed by atoms with Gasteiger partial charge in [-0.2, -0.15) is 0 Å². The van der Waals surface area contributed by atoms with Crippen LogP contribution in [0.2, 0.25) is 0 Å². The van der Waals surface area contributed by atoms with Gasteiger partial charge in [0.2, 0.25) is 5.91 Å². The zero-order chi connectivity index (χ0) is 11.4. The molecule has 2 unspecified atom stereocenters. The van der Waals surface area contributed by atoms with Gasteiger partial charge >= 0.3 is 5.97 Å². The van der Waals surface area contributed by atoms with Gasteiger partial charge in [-0.05, 0) is 33.2 Å². The lowest BCUT2D eigenvalue weighted by Gasteiger charge is -2.26. The third-order valence-corrected chi connectivity index (χ3v) is 2.81. The highest BCUT2D eigenvalue weighted by molar-refractivity contribution is 5.82. The number of carboxylic acid groups (broad SMARTS) is 1. The van der Waals surface area contributed by atoms with Gasteiger partial charge in [-0.1, -0.05) is 0 Å². The van der Waals surface area contributed by atoms with Crippen molar-refractivity contribution in [2.45, 2.75) is 38.8 Å². The molecule has 0 saturated carbocycles. The molecule has 1 aliphatic heterocycles. The average molecular weight is 214 g/mol. The number of hydrogen-bond acceptors (Lipinski definition) is 3. The van der Waals surface area contributed by atoms with Crippen molar-refractivity contribution in [2.24, 2.45) is 0 Å². The molecule has 0 spiro atoms. The second-order valence-corrected chi connectivity index (χ2v) is 3.80. The number of nitrogens with one attached hydrogen (secondary N) is 1. The predicted molar refractivity (Wildman–Crippen MR) is 55.5 cm³/mol. The number of nitrogens with zero attached hydrogens (tertiary/aromatic N) is 1. The highest BCUT2D eigenvalue weighted by Gasteiger charge is 2.35. The van der Waals surface area contributed by atoms with E-state index < -0.39 is 12.0 Å². The summed E-state index contributed by atoms with van der Waals surface area (Å²) in [6, 6.07) is -0.851. The lowest BCUT2D eigenvalue weighted by molar-refractivity contribution is -0.143. The zero-order valence-corrected chi connectivity index (χ0v) is 9.19. The predicted octanol–water partition coefficient (Wildman–Crippen LogP) is 0.0600. The van der Waals surface area contributed by atoms with Gasteiger partial charge in [0.05, 0.1) is 6.04 Å². The van der Waals surface area contributed by atoms with E-state index in [0.29, 0.717) is 19.5 Å². The van der Waals surface area contributed by atoms with Crippen LogP contribution >= 0.6 is 0 Å². The summed E-state index contributed by atoms with van der Waals surface area (Å²) in [5, 5.41) is 11.7. The maximum Gasteiger partial charge on any atom is 0.320 e. The van der Waals surface area contributed by atoms with E-state index in [9.17, 15) is 9.59 Å². The van der Waals surface area contributed by atoms with Crippen molar-refractivity contribution in [3.05, 3.63) is 0 Å². The van der Waals surface area contributed by atoms with Crippen LogP contribution in [0.25, 0.3) is 0 Å². The molecule has 5 heteroatoms. The first-order chi connectivity index (χ1) is 7.07. The van der Waals surface area contributed by atoms with Crippen molar-refractivity contribution in [3.8, 4) is 0 Å². The van der Waals surface area contributed by atoms with Crippen LogP contribution in [0, 0.1) is 0 Å². The molecule has 1 saturated heterocycles. The maximum atomic E-state index is 11.6. The van der Waals surface area contributed by atoms with Crippen LogP contribution in [0.4, 0.5) is 0 Å². The molecule has 0 aromatic rings. The van der Waals surface area contributed by atoms with Gasteiger partial charge in [0.1, 0.15) is 6.04 Å². The summed E-state index contributed by atoms with van der Waals surface area (Å²) in [6.07, 6.45) is 1.49. The maximum absolute atomic E-state index is 11.6. The van der Waals surface area contributed by atoms with E-state index in [0.717, 1.165) is 6.42 Å². The van der Waals surface area contributed by atoms with Gasteiger partial charge in [0.25, 0.3) is 0 Å². The zero-order valence-electron chi connectivity index (χ0n) is 9.19. The number of rotatable bonds is 4. The monoisotopic (exact) mass is 214 g/mol. The van der Waals surface area contributed by atoms with Crippen molar-refractivity contribution >= 4 is 11.9 Å². The second kappa shape index (κ2) is 5.11. The summed E-state index contributed by atoms with van der Waals surface area (Å²) < 4.78 is 0. The molecular weight excluding hydrogens is 196 g/mol. The van der Waals surface area contributed by atoms with E-state index in [1.54, 1.807) is 11.8 Å². The lowest BCUT2D eigenvalue weighted by atomic mass is 10.2. The van der Waals surface area contributed by atoms with Crippen molar-refractivity contribution in [2.75, 3.05) is 13.1 Å². The summed E-state index contributed by atoms with van der Waals surface area (Å²) in [7, 11) is 0. The number of carbonyl (C=O) groups is 2. The van der Waals surface area contributed by atoms with E-state index in [4.69, 9.17) is 5.11 Å². The molecule has 0 aromatic carbocycles. The standard InChI is InChI=1S/C10H18N2O3/c1-3-11-9(13)7(2)12-6-4-5-8(12)10(14)15/h7-8H,3-6H2,1-2H3,(H,11,13)(H,14,15). The topological polar surface area (TPSA) is 69.6 Å². The van der Waals surface area contributed by atoms with Gasteiger partial charge in [-0.3, -0.25) is 14.5 Å². The minimum Gasteiger partial charge on any atom is -0.480 e. The molecule has 1 amide bonds. The highest BCUT2D eigenvalue weighted by Crippen LogP contribution is 2.20. The quantitative estimate of drug-likeness (QED) is 0.694. The fraction of sp³-hybridized carbons (Fsp3) is 0.800. The van der Waals surface area contributed by atoms with Crippen LogP contribution in [-0.4, -0.2) is 47.1 Å². The Morgan fingerprint density at radius 3 is 2.80 bits per heavy atom. The molecule has 1 rings (SSSR count). The minimum absolute atomic E-state index is 0.0920. The Morgan fingerprint density at radius 1 is 1.60 bits per heavy atom. The molecular formula is C10H18N2O3. The molecule has 2 atom stereocenters. The molecule has 0 aromatic heterocycles. The van der Waals surface area contributed by atoms with Crippen molar-refractivity contribution in [3.63, 3.8) is 0 Å². The lowest BCUT2D eigenvalue weighted by Crippen LogP contribution is -2.49. The molecule has 86 valence electrons. The fourth-order valence-electron chi connectivity index (χ4n) is 1.99. The molecule has 2 N–H and O–H groups in total. The van der Waals surface area contributed by atoms with Crippen LogP contribution in [0.1, 0.15) is 26.7 Å². The average Bonchev–Trinajstić information content (AvgIpc) is 2.65. The Bertz CT molecular complexity index is 255. The summed E-state index contributed by atoms with van der Waals surface area (Å²) in [6.45, 7) is 4.87. The molecule has 1 aliphatic rings. The van der Waals surface area contributed by atoms with Crippen LogP contribution in [0.3, 0.4) is 0 Å². The van der Waals surface area contributed by atoms with Crippen LogP contribution in [-0.2, 0) is 9.59 Å². The van der Waals surface area contributed by atoms with Gasteiger partial charge < -0.3 is 10.4 Å². The molecule has 0 bridgehead atoms. The molecule has 0 radical (unpaired) electrons. The SMILES string of the molecule is CCNC(=O)C(C)N1CCCC1C(=O)O. The van der Waals surface area contributed by atoms with Crippen LogP contribution in [0.5, 0.6) is 0 Å². The summed E-state index contributed by atoms with van der Waals surface area (Å²) in [4.78, 5) is 24.2. The third-order valence-electron chi connectivity index (χ3n) is 2.81. The molecule has 5 nitrogen and oxygen atoms in total. The number of aliphatic carboxylic acids is 1. The molecule has 1 fully saturated rings. The van der Waals surface area contributed by atoms with Crippen molar-refractivity contribution < 1.29 is 14.7 Å². The van der Waals surface area contributed by atoms with E-state index in [-0.39, 0.29) is 11.9 Å². The first-order valence-corrected chi connectivity index (χ1v) is 5.34. The number of carbonyl (C=O) groups excluding carboxylic acids is 1. The largest absolute Gasteiger partial charge is 0.480 e. The third kappa shape index (κ3) is 2.68. The summed E-state index contributed by atoms with van der Waals surface area (Å²) in [5.74, 6) is -0.922. The normalized spacial score (nSPS) is 23.7. The second-order valence-electron chi connectivity index (χ2n) is 3.80. The van der Waals surface area contributed by atoms with Gasteiger partial charge in [-0.25, -0.2) is 0 Å². The van der Waals surface area contributed by atoms with Gasteiger partial charge in [0.15, 0.2) is 0 Å². The Hall–Kier alpha value is -1.10. The Kier molecular flexibility index (Phi) is 4.08. The van der Waals surface area contributed by atoms with E-state index in [1.165, 1.54) is 0 Å². The van der Waals surface area contributed by atoms with E-state index >= 15 is 0 Å². The molecule has 1 heterocycles. The number of amides is 1. The Morgan fingerprint density at radius 2 is 2.27 bits per heavy atom. The first kappa shape index (κ1) is 12.0. The van der Waals surface area contributed by atoms with E-state index in [1.807, 2.05) is 6.92 Å². The van der Waals surface area contributed by atoms with E-state index in [2.05, 4.69) is 5.32 Å². The minimum atomic E-state index is -0.830. The summed E-state index contributed by atoms with van der Waals surface area (Å²) >= 11 is 0. The highest BCUT2D eigenvalue weighted by atomic mass is 16.4. The number of carboxylic acids is 1. The number of likely N-dealkylation sites (N-methyl/N-ethyl adjacent to an activating group) is 1. The van der Waals surface area contributed by atoms with Crippen LogP contribution in [0.15, 0.2) is 0 Å². The Labute approximate surface area is 89.4 Å². The molecule has 0 aliphatic carbocycles. The smallest absolute Gasteiger partial charge is 0.320 e.